The molecule has 0 spiro atoms. The second-order valence-corrected chi connectivity index (χ2v) is 7.59. The van der Waals surface area contributed by atoms with Crippen LogP contribution in [0.3, 0.4) is 0 Å². The van der Waals surface area contributed by atoms with Crippen molar-refractivity contribution in [2.24, 2.45) is 4.99 Å². The SMILES string of the molecule is CCCNC(=O)c1cccc(CNC(=NC)NCCCN(C(C)C)C(C)C)c1. The van der Waals surface area contributed by atoms with E-state index < -0.39 is 0 Å². The van der Waals surface area contributed by atoms with Crippen LogP contribution in [0.1, 0.15) is 63.4 Å². The molecule has 0 aliphatic heterocycles. The highest BCUT2D eigenvalue weighted by Crippen LogP contribution is 2.06. The van der Waals surface area contributed by atoms with Crippen LogP contribution >= 0.6 is 0 Å². The van der Waals surface area contributed by atoms with Crippen molar-refractivity contribution in [2.75, 3.05) is 26.7 Å². The van der Waals surface area contributed by atoms with Crippen LogP contribution in [-0.2, 0) is 6.54 Å². The van der Waals surface area contributed by atoms with Crippen LogP contribution in [0, 0.1) is 0 Å². The number of nitrogens with zero attached hydrogens (tertiary/aromatic N) is 2. The Morgan fingerprint density at radius 2 is 1.79 bits per heavy atom. The second-order valence-electron chi connectivity index (χ2n) is 7.59. The summed E-state index contributed by atoms with van der Waals surface area (Å²) in [6.07, 6.45) is 1.99. The average Bonchev–Trinajstić information content (AvgIpc) is 2.67. The molecule has 1 aromatic carbocycles. The van der Waals surface area contributed by atoms with Crippen molar-refractivity contribution < 1.29 is 4.79 Å². The topological polar surface area (TPSA) is 68.8 Å². The van der Waals surface area contributed by atoms with E-state index in [1.165, 1.54) is 0 Å². The second kappa shape index (κ2) is 13.2. The highest BCUT2D eigenvalue weighted by atomic mass is 16.1. The monoisotopic (exact) mass is 389 g/mol. The number of rotatable bonds is 11. The first-order valence-electron chi connectivity index (χ1n) is 10.5. The van der Waals surface area contributed by atoms with E-state index in [0.717, 1.165) is 37.5 Å². The molecule has 3 N–H and O–H groups in total. The molecular weight excluding hydrogens is 350 g/mol. The van der Waals surface area contributed by atoms with Gasteiger partial charge in [0.05, 0.1) is 0 Å². The molecule has 0 fully saturated rings. The first-order chi connectivity index (χ1) is 13.4. The molecule has 1 rings (SSSR count). The Labute approximate surface area is 171 Å². The lowest BCUT2D eigenvalue weighted by molar-refractivity contribution is 0.0953. The van der Waals surface area contributed by atoms with E-state index in [9.17, 15) is 4.79 Å². The van der Waals surface area contributed by atoms with Gasteiger partial charge in [0.2, 0.25) is 0 Å². The molecule has 0 aliphatic carbocycles. The van der Waals surface area contributed by atoms with Gasteiger partial charge in [-0.05, 0) is 58.2 Å². The molecule has 0 radical (unpaired) electrons. The van der Waals surface area contributed by atoms with Crippen LogP contribution in [0.4, 0.5) is 0 Å². The summed E-state index contributed by atoms with van der Waals surface area (Å²) in [5.41, 5.74) is 1.75. The Hall–Kier alpha value is -2.08. The fourth-order valence-corrected chi connectivity index (χ4v) is 3.15. The van der Waals surface area contributed by atoms with E-state index in [0.29, 0.717) is 30.7 Å². The van der Waals surface area contributed by atoms with E-state index in [1.807, 2.05) is 31.2 Å². The van der Waals surface area contributed by atoms with Crippen LogP contribution in [0.2, 0.25) is 0 Å². The summed E-state index contributed by atoms with van der Waals surface area (Å²) in [6, 6.07) is 8.81. The van der Waals surface area contributed by atoms with Crippen LogP contribution in [0.5, 0.6) is 0 Å². The maximum Gasteiger partial charge on any atom is 0.251 e. The summed E-state index contributed by atoms with van der Waals surface area (Å²) >= 11 is 0. The maximum absolute atomic E-state index is 12.1. The van der Waals surface area contributed by atoms with Gasteiger partial charge in [-0.3, -0.25) is 14.7 Å². The van der Waals surface area contributed by atoms with Crippen LogP contribution in [0.15, 0.2) is 29.3 Å². The summed E-state index contributed by atoms with van der Waals surface area (Å²) in [5, 5.41) is 9.60. The van der Waals surface area contributed by atoms with Gasteiger partial charge in [0, 0.05) is 50.9 Å². The maximum atomic E-state index is 12.1. The Bertz CT molecular complexity index is 605. The Balaban J connectivity index is 2.45. The zero-order valence-corrected chi connectivity index (χ0v) is 18.5. The van der Waals surface area contributed by atoms with Crippen molar-refractivity contribution in [1.29, 1.82) is 0 Å². The van der Waals surface area contributed by atoms with Gasteiger partial charge >= 0.3 is 0 Å². The number of carbonyl (C=O) groups excluding carboxylic acids is 1. The number of guanidine groups is 1. The quantitative estimate of drug-likeness (QED) is 0.309. The molecule has 0 aromatic heterocycles. The average molecular weight is 390 g/mol. The predicted octanol–water partition coefficient (Wildman–Crippen LogP) is 3.00. The molecule has 1 aromatic rings. The van der Waals surface area contributed by atoms with Crippen molar-refractivity contribution in [3.63, 3.8) is 0 Å². The smallest absolute Gasteiger partial charge is 0.251 e. The Kier molecular flexibility index (Phi) is 11.3. The molecule has 0 bridgehead atoms. The van der Waals surface area contributed by atoms with Crippen molar-refractivity contribution in [3.8, 4) is 0 Å². The first kappa shape index (κ1) is 24.0. The number of hydrogen-bond acceptors (Lipinski definition) is 3. The van der Waals surface area contributed by atoms with E-state index in [-0.39, 0.29) is 5.91 Å². The molecule has 28 heavy (non-hydrogen) atoms. The number of nitrogens with one attached hydrogen (secondary N) is 3. The standard InChI is InChI=1S/C22H39N5O/c1-7-12-24-21(28)20-11-8-10-19(15-20)16-26-22(23-6)25-13-9-14-27(17(2)3)18(4)5/h8,10-11,15,17-18H,7,9,12-14,16H2,1-6H3,(H,24,28)(H2,23,25,26). The highest BCUT2D eigenvalue weighted by molar-refractivity contribution is 5.94. The minimum atomic E-state index is -0.0222. The molecule has 0 saturated carbocycles. The van der Waals surface area contributed by atoms with Gasteiger partial charge in [-0.1, -0.05) is 19.1 Å². The van der Waals surface area contributed by atoms with Gasteiger partial charge in [0.25, 0.3) is 5.91 Å². The third-order valence-electron chi connectivity index (χ3n) is 4.62. The summed E-state index contributed by atoms with van der Waals surface area (Å²) in [4.78, 5) is 18.9. The van der Waals surface area contributed by atoms with Crippen molar-refractivity contribution in [2.45, 2.75) is 66.1 Å². The Morgan fingerprint density at radius 1 is 1.07 bits per heavy atom. The lowest BCUT2D eigenvalue weighted by Crippen LogP contribution is -2.41. The van der Waals surface area contributed by atoms with E-state index >= 15 is 0 Å². The molecule has 6 heteroatoms. The van der Waals surface area contributed by atoms with Crippen LogP contribution in [0.25, 0.3) is 0 Å². The lowest BCUT2D eigenvalue weighted by atomic mass is 10.1. The number of hydrogen-bond donors (Lipinski definition) is 3. The van der Waals surface area contributed by atoms with Crippen molar-refractivity contribution in [3.05, 3.63) is 35.4 Å². The van der Waals surface area contributed by atoms with Gasteiger partial charge < -0.3 is 16.0 Å². The largest absolute Gasteiger partial charge is 0.356 e. The molecule has 6 nitrogen and oxygen atoms in total. The van der Waals surface area contributed by atoms with E-state index in [2.05, 4.69) is 53.5 Å². The third-order valence-corrected chi connectivity index (χ3v) is 4.62. The molecular formula is C22H39N5O. The number of amides is 1. The van der Waals surface area contributed by atoms with E-state index in [4.69, 9.17) is 0 Å². The molecule has 0 aliphatic rings. The molecule has 158 valence electrons. The summed E-state index contributed by atoms with van der Waals surface area (Å²) in [5.74, 6) is 0.757. The minimum Gasteiger partial charge on any atom is -0.356 e. The van der Waals surface area contributed by atoms with E-state index in [1.54, 1.807) is 7.05 Å². The first-order valence-corrected chi connectivity index (χ1v) is 10.5. The van der Waals surface area contributed by atoms with Gasteiger partial charge in [-0.2, -0.15) is 0 Å². The zero-order valence-electron chi connectivity index (χ0n) is 18.5. The minimum absolute atomic E-state index is 0.0222. The number of aliphatic imine (C=N–C) groups is 1. The zero-order chi connectivity index (χ0) is 20.9. The highest BCUT2D eigenvalue weighted by Gasteiger charge is 2.12. The summed E-state index contributed by atoms with van der Waals surface area (Å²) in [6.45, 7) is 14.3. The predicted molar refractivity (Wildman–Crippen MR) is 119 cm³/mol. The number of benzene rings is 1. The lowest BCUT2D eigenvalue weighted by Gasteiger charge is -2.30. The summed E-state index contributed by atoms with van der Waals surface area (Å²) in [7, 11) is 1.78. The molecule has 1 amide bonds. The van der Waals surface area contributed by atoms with Gasteiger partial charge in [0.15, 0.2) is 5.96 Å². The summed E-state index contributed by atoms with van der Waals surface area (Å²) < 4.78 is 0. The Morgan fingerprint density at radius 3 is 2.39 bits per heavy atom. The van der Waals surface area contributed by atoms with Crippen molar-refractivity contribution >= 4 is 11.9 Å². The third kappa shape index (κ3) is 8.74. The number of carbonyl (C=O) groups is 1. The molecule has 0 heterocycles. The van der Waals surface area contributed by atoms with Crippen molar-refractivity contribution in [1.82, 2.24) is 20.9 Å². The fourth-order valence-electron chi connectivity index (χ4n) is 3.15. The van der Waals surface area contributed by atoms with Crippen LogP contribution in [-0.4, -0.2) is 55.5 Å². The molecule has 0 saturated heterocycles. The van der Waals surface area contributed by atoms with Gasteiger partial charge in [-0.15, -0.1) is 0 Å². The molecule has 0 atom stereocenters. The normalized spacial score (nSPS) is 12.0. The van der Waals surface area contributed by atoms with Crippen LogP contribution < -0.4 is 16.0 Å². The van der Waals surface area contributed by atoms with Gasteiger partial charge in [0.1, 0.15) is 0 Å². The fraction of sp³-hybridized carbons (Fsp3) is 0.636. The van der Waals surface area contributed by atoms with Gasteiger partial charge in [-0.25, -0.2) is 0 Å². The molecule has 0 unspecified atom stereocenters.